The fourth-order valence-corrected chi connectivity index (χ4v) is 2.91. The third-order valence-corrected chi connectivity index (χ3v) is 4.25. The molecular formula is C14H18ClN5O2S. The van der Waals surface area contributed by atoms with Gasteiger partial charge in [0.2, 0.25) is 0 Å². The molecule has 0 aliphatic heterocycles. The van der Waals surface area contributed by atoms with E-state index < -0.39 is 11.6 Å². The van der Waals surface area contributed by atoms with Crippen molar-refractivity contribution < 1.29 is 9.90 Å². The molecule has 0 saturated carbocycles. The number of hydrogen-bond acceptors (Lipinski definition) is 5. The molecule has 124 valence electrons. The standard InChI is InChI=1S/C14H18ClN5O2S/c1-14(2,3)20(13(21)22)12-17-11(18-19-12)7-23-10-5-4-8(15)6-9(10)16/h4-6H,7,16H2,1-3H3,(H,21,22)(H,17,18,19). The van der Waals surface area contributed by atoms with Crippen molar-refractivity contribution in [3.05, 3.63) is 29.0 Å². The molecule has 1 aromatic heterocycles. The Kier molecular flexibility index (Phi) is 5.06. The molecule has 9 heteroatoms. The van der Waals surface area contributed by atoms with Crippen LogP contribution in [-0.2, 0) is 5.75 Å². The highest BCUT2D eigenvalue weighted by Crippen LogP contribution is 2.30. The first kappa shape index (κ1) is 17.4. The third kappa shape index (κ3) is 4.29. The van der Waals surface area contributed by atoms with Gasteiger partial charge in [-0.25, -0.2) is 9.69 Å². The van der Waals surface area contributed by atoms with Crippen molar-refractivity contribution in [2.24, 2.45) is 0 Å². The monoisotopic (exact) mass is 355 g/mol. The van der Waals surface area contributed by atoms with Gasteiger partial charge < -0.3 is 10.8 Å². The van der Waals surface area contributed by atoms with E-state index in [9.17, 15) is 9.90 Å². The summed E-state index contributed by atoms with van der Waals surface area (Å²) in [5, 5.41) is 16.7. The van der Waals surface area contributed by atoms with E-state index in [1.807, 2.05) is 6.07 Å². The molecule has 0 aliphatic carbocycles. The van der Waals surface area contributed by atoms with Crippen molar-refractivity contribution in [1.82, 2.24) is 15.2 Å². The number of hydrogen-bond donors (Lipinski definition) is 3. The van der Waals surface area contributed by atoms with Crippen LogP contribution in [0.1, 0.15) is 26.6 Å². The molecule has 7 nitrogen and oxygen atoms in total. The smallest absolute Gasteiger partial charge is 0.414 e. The average Bonchev–Trinajstić information content (AvgIpc) is 2.83. The summed E-state index contributed by atoms with van der Waals surface area (Å²) in [6, 6.07) is 5.28. The second-order valence-corrected chi connectivity index (χ2v) is 7.30. The van der Waals surface area contributed by atoms with Gasteiger partial charge in [0.1, 0.15) is 5.82 Å². The van der Waals surface area contributed by atoms with Crippen LogP contribution in [-0.4, -0.2) is 31.9 Å². The summed E-state index contributed by atoms with van der Waals surface area (Å²) in [5.41, 5.74) is 5.85. The first-order valence-electron chi connectivity index (χ1n) is 6.81. The third-order valence-electron chi connectivity index (χ3n) is 2.92. The Morgan fingerprint density at radius 2 is 2.17 bits per heavy atom. The molecule has 0 fully saturated rings. The molecule has 0 unspecified atom stereocenters. The van der Waals surface area contributed by atoms with Crippen molar-refractivity contribution in [3.63, 3.8) is 0 Å². The average molecular weight is 356 g/mol. The molecule has 23 heavy (non-hydrogen) atoms. The van der Waals surface area contributed by atoms with Crippen LogP contribution in [0.3, 0.4) is 0 Å². The minimum absolute atomic E-state index is 0.129. The second-order valence-electron chi connectivity index (χ2n) is 5.84. The van der Waals surface area contributed by atoms with Gasteiger partial charge in [0.05, 0.1) is 5.75 Å². The van der Waals surface area contributed by atoms with Crippen LogP contribution < -0.4 is 10.6 Å². The summed E-state index contributed by atoms with van der Waals surface area (Å²) in [6.45, 7) is 5.33. The van der Waals surface area contributed by atoms with Gasteiger partial charge in [-0.1, -0.05) is 11.6 Å². The summed E-state index contributed by atoms with van der Waals surface area (Å²) in [6.07, 6.45) is -1.10. The number of carbonyl (C=O) groups is 1. The van der Waals surface area contributed by atoms with Crippen LogP contribution in [0.5, 0.6) is 0 Å². The number of nitrogens with one attached hydrogen (secondary N) is 1. The normalized spacial score (nSPS) is 11.5. The van der Waals surface area contributed by atoms with Crippen molar-refractivity contribution in [1.29, 1.82) is 0 Å². The van der Waals surface area contributed by atoms with E-state index in [4.69, 9.17) is 17.3 Å². The minimum Gasteiger partial charge on any atom is -0.465 e. The Labute approximate surface area is 143 Å². The molecule has 0 bridgehead atoms. The largest absolute Gasteiger partial charge is 0.465 e. The summed E-state index contributed by atoms with van der Waals surface area (Å²) in [5.74, 6) is 1.18. The van der Waals surface area contributed by atoms with E-state index in [2.05, 4.69) is 15.2 Å². The maximum absolute atomic E-state index is 11.4. The number of halogens is 1. The highest BCUT2D eigenvalue weighted by atomic mass is 35.5. The summed E-state index contributed by atoms with van der Waals surface area (Å²) in [7, 11) is 0. The van der Waals surface area contributed by atoms with Crippen LogP contribution in [0.25, 0.3) is 0 Å². The minimum atomic E-state index is -1.10. The maximum Gasteiger partial charge on any atom is 0.414 e. The fourth-order valence-electron chi connectivity index (χ4n) is 1.92. The Morgan fingerprint density at radius 3 is 2.74 bits per heavy atom. The van der Waals surface area contributed by atoms with E-state index in [1.165, 1.54) is 11.8 Å². The van der Waals surface area contributed by atoms with Gasteiger partial charge in [-0.3, -0.25) is 5.10 Å². The lowest BCUT2D eigenvalue weighted by Gasteiger charge is -2.29. The summed E-state index contributed by atoms with van der Waals surface area (Å²) >= 11 is 7.33. The number of rotatable bonds is 4. The first-order valence-corrected chi connectivity index (χ1v) is 8.17. The van der Waals surface area contributed by atoms with E-state index in [0.29, 0.717) is 22.3 Å². The fraction of sp³-hybridized carbons (Fsp3) is 0.357. The molecule has 1 aromatic carbocycles. The first-order chi connectivity index (χ1) is 10.7. The van der Waals surface area contributed by atoms with Gasteiger partial charge in [-0.15, -0.1) is 16.9 Å². The number of aromatic nitrogens is 3. The van der Waals surface area contributed by atoms with E-state index in [0.717, 1.165) is 9.80 Å². The number of nitrogen functional groups attached to an aromatic ring is 1. The number of nitrogens with zero attached hydrogens (tertiary/aromatic N) is 3. The molecule has 1 heterocycles. The summed E-state index contributed by atoms with van der Waals surface area (Å²) < 4.78 is 0. The van der Waals surface area contributed by atoms with Crippen molar-refractivity contribution >= 4 is 41.1 Å². The molecule has 1 amide bonds. The lowest BCUT2D eigenvalue weighted by molar-refractivity contribution is 0.195. The Hall–Kier alpha value is -1.93. The molecule has 0 saturated heterocycles. The van der Waals surface area contributed by atoms with Crippen molar-refractivity contribution in [2.75, 3.05) is 10.6 Å². The molecular weight excluding hydrogens is 338 g/mol. The number of nitrogens with two attached hydrogens (primary N) is 1. The predicted molar refractivity (Wildman–Crippen MR) is 92.1 cm³/mol. The van der Waals surface area contributed by atoms with Gasteiger partial charge in [0.15, 0.2) is 0 Å². The van der Waals surface area contributed by atoms with Crippen LogP contribution in [0.15, 0.2) is 23.1 Å². The van der Waals surface area contributed by atoms with Gasteiger partial charge in [-0.2, -0.15) is 4.98 Å². The van der Waals surface area contributed by atoms with E-state index >= 15 is 0 Å². The zero-order valence-corrected chi connectivity index (χ0v) is 14.6. The lowest BCUT2D eigenvalue weighted by Crippen LogP contribution is -2.45. The van der Waals surface area contributed by atoms with Crippen LogP contribution in [0, 0.1) is 0 Å². The maximum atomic E-state index is 11.4. The molecule has 2 aromatic rings. The van der Waals surface area contributed by atoms with Crippen molar-refractivity contribution in [3.8, 4) is 0 Å². The van der Waals surface area contributed by atoms with Crippen molar-refractivity contribution in [2.45, 2.75) is 37.0 Å². The lowest BCUT2D eigenvalue weighted by atomic mass is 10.1. The Bertz CT molecular complexity index is 713. The number of thioether (sulfide) groups is 1. The number of carboxylic acid groups (broad SMARTS) is 1. The number of aromatic amines is 1. The van der Waals surface area contributed by atoms with E-state index in [-0.39, 0.29) is 5.95 Å². The Balaban J connectivity index is 2.11. The molecule has 0 spiro atoms. The molecule has 0 radical (unpaired) electrons. The van der Waals surface area contributed by atoms with Crippen LogP contribution in [0.2, 0.25) is 5.02 Å². The second kappa shape index (κ2) is 6.67. The zero-order chi connectivity index (χ0) is 17.2. The highest BCUT2D eigenvalue weighted by molar-refractivity contribution is 7.98. The van der Waals surface area contributed by atoms with Gasteiger partial charge in [-0.05, 0) is 39.0 Å². The molecule has 4 N–H and O–H groups in total. The van der Waals surface area contributed by atoms with E-state index in [1.54, 1.807) is 32.9 Å². The highest BCUT2D eigenvalue weighted by Gasteiger charge is 2.31. The SMILES string of the molecule is CC(C)(C)N(C(=O)O)c1n[nH]c(CSc2ccc(Cl)cc2N)n1. The quantitative estimate of drug-likeness (QED) is 0.571. The molecule has 0 atom stereocenters. The summed E-state index contributed by atoms with van der Waals surface area (Å²) in [4.78, 5) is 17.7. The number of benzene rings is 1. The van der Waals surface area contributed by atoms with Crippen LogP contribution in [0.4, 0.5) is 16.4 Å². The van der Waals surface area contributed by atoms with Gasteiger partial charge in [0, 0.05) is 21.1 Å². The van der Waals surface area contributed by atoms with Crippen LogP contribution >= 0.6 is 23.4 Å². The Morgan fingerprint density at radius 1 is 1.48 bits per heavy atom. The topological polar surface area (TPSA) is 108 Å². The predicted octanol–water partition coefficient (Wildman–Crippen LogP) is 3.62. The molecule has 0 aliphatic rings. The number of H-pyrrole nitrogens is 1. The molecule has 2 rings (SSSR count). The zero-order valence-electron chi connectivity index (χ0n) is 13.0. The van der Waals surface area contributed by atoms with Gasteiger partial charge in [0.25, 0.3) is 5.95 Å². The number of anilines is 2. The number of amides is 1. The van der Waals surface area contributed by atoms with Gasteiger partial charge >= 0.3 is 6.09 Å².